The van der Waals surface area contributed by atoms with Gasteiger partial charge >= 0.3 is 0 Å². The summed E-state index contributed by atoms with van der Waals surface area (Å²) in [6, 6.07) is 3.61. The van der Waals surface area contributed by atoms with Crippen LogP contribution in [-0.4, -0.2) is 118 Å². The van der Waals surface area contributed by atoms with E-state index in [0.29, 0.717) is 46.5 Å². The first-order valence-corrected chi connectivity index (χ1v) is 23.1. The van der Waals surface area contributed by atoms with Crippen molar-refractivity contribution in [1.29, 1.82) is 0 Å². The highest BCUT2D eigenvalue weighted by atomic mass is 32.2. The molecular formula is C43H56F4N12O6S. The molecule has 0 aliphatic carbocycles. The number of fused-ring (bicyclic) bond motifs is 2. The van der Waals surface area contributed by atoms with Gasteiger partial charge in [0.25, 0.3) is 0 Å². The summed E-state index contributed by atoms with van der Waals surface area (Å²) in [6.07, 6.45) is 3.84. The Bertz CT molecular complexity index is 2790. The fraction of sp³-hybridized carbons (Fsp3) is 0.535. The van der Waals surface area contributed by atoms with Crippen LogP contribution in [-0.2, 0) is 44.6 Å². The van der Waals surface area contributed by atoms with Crippen LogP contribution in [0, 0.1) is 11.8 Å². The third kappa shape index (κ3) is 11.9. The Morgan fingerprint density at radius 2 is 1.23 bits per heavy atom. The largest absolute Gasteiger partial charge is 0.472 e. The van der Waals surface area contributed by atoms with Gasteiger partial charge in [0.1, 0.15) is 17.1 Å². The number of aromatic nitrogens is 10. The van der Waals surface area contributed by atoms with Crippen LogP contribution in [0.15, 0.2) is 54.6 Å². The number of ether oxygens (including phenoxy) is 1. The number of carbonyl (C=O) groups is 2. The Morgan fingerprint density at radius 3 is 1.67 bits per heavy atom. The van der Waals surface area contributed by atoms with Gasteiger partial charge in [-0.05, 0) is 53.7 Å². The van der Waals surface area contributed by atoms with E-state index in [0.717, 1.165) is 17.4 Å². The van der Waals surface area contributed by atoms with Gasteiger partial charge in [-0.2, -0.15) is 10.2 Å². The number of aryl methyl sites for hydroxylation is 2. The third-order valence-corrected chi connectivity index (χ3v) is 12.0. The van der Waals surface area contributed by atoms with Crippen LogP contribution in [0.3, 0.4) is 0 Å². The Labute approximate surface area is 379 Å². The molecule has 0 aromatic carbocycles. The second kappa shape index (κ2) is 19.5. The summed E-state index contributed by atoms with van der Waals surface area (Å²) >= 11 is 0. The summed E-state index contributed by atoms with van der Waals surface area (Å²) in [5.41, 5.74) is 4.68. The predicted octanol–water partition coefficient (Wildman–Crippen LogP) is 5.25. The Balaban J connectivity index is 0.000000180. The maximum atomic E-state index is 13.3. The average molecular weight is 945 g/mol. The molecule has 2 amide bonds. The van der Waals surface area contributed by atoms with Gasteiger partial charge in [0, 0.05) is 94.5 Å². The zero-order valence-corrected chi connectivity index (χ0v) is 39.0. The number of aliphatic hydroxyl groups excluding tert-OH is 1. The number of hydrogen-bond acceptors (Lipinski definition) is 12. The van der Waals surface area contributed by atoms with Crippen molar-refractivity contribution >= 4 is 43.7 Å². The van der Waals surface area contributed by atoms with E-state index < -0.39 is 47.7 Å². The molecule has 2 fully saturated rings. The molecule has 0 saturated carbocycles. The molecule has 0 bridgehead atoms. The molecule has 2 aliphatic rings. The van der Waals surface area contributed by atoms with Crippen molar-refractivity contribution in [3.8, 4) is 28.4 Å². The van der Waals surface area contributed by atoms with Crippen molar-refractivity contribution in [2.75, 3.05) is 19.3 Å². The van der Waals surface area contributed by atoms with Crippen LogP contribution in [0.25, 0.3) is 44.6 Å². The molecule has 8 rings (SSSR count). The number of alkyl halides is 4. The van der Waals surface area contributed by atoms with E-state index in [1.165, 1.54) is 0 Å². The van der Waals surface area contributed by atoms with Gasteiger partial charge in [-0.15, -0.1) is 0 Å². The van der Waals surface area contributed by atoms with E-state index >= 15 is 0 Å². The lowest BCUT2D eigenvalue weighted by Crippen LogP contribution is -2.31. The highest BCUT2D eigenvalue weighted by molar-refractivity contribution is 7.90. The van der Waals surface area contributed by atoms with Crippen molar-refractivity contribution in [1.82, 2.24) is 59.3 Å². The SMILES string of the molecule is Cn1cnc2cc(-c3cnn(C(C)(C)C)c3)nc(O[C@H](CC(F)F)[C@H]3CNC(=O)C3)c21.Cn1cnc2cc(-c3cnn(C(C)(C)C)c3)nc(S(C)(=O)=O)c21.O=C1C[C@@H]([C@H](O)CC(F)F)CN1. The monoisotopic (exact) mass is 944 g/mol. The van der Waals surface area contributed by atoms with Crippen molar-refractivity contribution in [2.24, 2.45) is 25.9 Å². The lowest BCUT2D eigenvalue weighted by molar-refractivity contribution is -0.120. The highest BCUT2D eigenvalue weighted by Gasteiger charge is 2.34. The number of nitrogens with zero attached hydrogens (tertiary/aromatic N) is 10. The lowest BCUT2D eigenvalue weighted by atomic mass is 9.99. The molecule has 18 nitrogen and oxygen atoms in total. The number of aliphatic hydroxyl groups is 1. The third-order valence-electron chi connectivity index (χ3n) is 11.0. The van der Waals surface area contributed by atoms with Crippen LogP contribution in [0.1, 0.15) is 67.2 Å². The first-order valence-electron chi connectivity index (χ1n) is 21.2. The van der Waals surface area contributed by atoms with Crippen LogP contribution < -0.4 is 15.4 Å². The first kappa shape index (κ1) is 49.5. The number of imidazole rings is 2. The maximum Gasteiger partial charge on any atom is 0.242 e. The summed E-state index contributed by atoms with van der Waals surface area (Å²) in [4.78, 5) is 40.0. The van der Waals surface area contributed by atoms with Crippen molar-refractivity contribution in [3.63, 3.8) is 0 Å². The fourth-order valence-electron chi connectivity index (χ4n) is 7.38. The number of nitrogens with one attached hydrogen (secondary N) is 2. The second-order valence-electron chi connectivity index (χ2n) is 18.5. The summed E-state index contributed by atoms with van der Waals surface area (Å²) < 4.78 is 87.5. The number of rotatable bonds is 11. The smallest absolute Gasteiger partial charge is 0.242 e. The van der Waals surface area contributed by atoms with Gasteiger partial charge in [0.2, 0.25) is 30.5 Å². The lowest BCUT2D eigenvalue weighted by Gasteiger charge is -2.23. The number of pyridine rings is 2. The van der Waals surface area contributed by atoms with Crippen LogP contribution in [0.5, 0.6) is 5.88 Å². The molecule has 0 radical (unpaired) electrons. The van der Waals surface area contributed by atoms with Crippen LogP contribution in [0.2, 0.25) is 0 Å². The highest BCUT2D eigenvalue weighted by Crippen LogP contribution is 2.33. The minimum absolute atomic E-state index is 0.0357. The van der Waals surface area contributed by atoms with E-state index in [1.54, 1.807) is 54.3 Å². The number of carbonyl (C=O) groups excluding carboxylic acids is 2. The van der Waals surface area contributed by atoms with E-state index in [4.69, 9.17) is 9.84 Å². The number of amides is 2. The minimum atomic E-state index is -3.47. The predicted molar refractivity (Wildman–Crippen MR) is 236 cm³/mol. The van der Waals surface area contributed by atoms with Gasteiger partial charge in [-0.25, -0.2) is 45.9 Å². The molecule has 66 heavy (non-hydrogen) atoms. The quantitative estimate of drug-likeness (QED) is 0.142. The number of halogens is 4. The minimum Gasteiger partial charge on any atom is -0.472 e. The van der Waals surface area contributed by atoms with Gasteiger partial charge < -0.3 is 29.6 Å². The molecule has 2 saturated heterocycles. The molecule has 2 aliphatic heterocycles. The van der Waals surface area contributed by atoms with E-state index in [9.17, 15) is 35.6 Å². The molecule has 3 N–H and O–H groups in total. The first-order chi connectivity index (χ1) is 30.8. The molecule has 0 spiro atoms. The summed E-state index contributed by atoms with van der Waals surface area (Å²) in [5, 5.41) is 23.1. The Morgan fingerprint density at radius 1 is 0.758 bits per heavy atom. The number of sulfone groups is 1. The Kier molecular flexibility index (Phi) is 14.6. The molecule has 6 aromatic rings. The van der Waals surface area contributed by atoms with E-state index in [-0.39, 0.29) is 58.5 Å². The maximum absolute atomic E-state index is 13.3. The Hall–Kier alpha value is -5.97. The van der Waals surface area contributed by atoms with Gasteiger partial charge in [-0.3, -0.25) is 19.0 Å². The summed E-state index contributed by atoms with van der Waals surface area (Å²) in [6.45, 7) is 12.9. The topological polar surface area (TPSA) is 219 Å². The number of hydrogen-bond donors (Lipinski definition) is 3. The van der Waals surface area contributed by atoms with E-state index in [2.05, 4.69) is 40.8 Å². The molecule has 0 unspecified atom stereocenters. The molecule has 6 aromatic heterocycles. The zero-order chi connectivity index (χ0) is 48.5. The van der Waals surface area contributed by atoms with Gasteiger partial charge in [-0.1, -0.05) is 0 Å². The van der Waals surface area contributed by atoms with Crippen molar-refractivity contribution in [2.45, 2.75) is 108 Å². The standard InChI is InChI=1S/C21H26F2N6O2.C15H19N5O2S.C7H11F2NO2/c1-21(2,3)29-10-13(9-26-29)14-6-15-19(28(4)11-25-15)20(27-14)31-16(7-17(22)23)12-5-18(30)24-8-12;1-15(2,3)20-8-10(7-17-20)11-6-12-13(19(4)9-16-12)14(18-11)23(5,21)22;8-6(9)2-5(11)4-1-7(12)10-3-4/h6,9-12,16-17H,5,7-8H2,1-4H3,(H,24,30);6-9H,1-5H3;4-6,11H,1-3H2,(H,10,12)/t12-,16-;;4-,5-/m1.1/s1. The second-order valence-corrected chi connectivity index (χ2v) is 20.5. The van der Waals surface area contributed by atoms with Crippen molar-refractivity contribution < 1.29 is 45.4 Å². The summed E-state index contributed by atoms with van der Waals surface area (Å²) in [7, 11) is 0.0755. The van der Waals surface area contributed by atoms with Crippen LogP contribution in [0.4, 0.5) is 17.6 Å². The molecule has 358 valence electrons. The average Bonchev–Trinajstić information content (AvgIpc) is 4.07. The summed E-state index contributed by atoms with van der Waals surface area (Å²) in [5.74, 6) is -0.797. The van der Waals surface area contributed by atoms with Crippen LogP contribution >= 0.6 is 0 Å². The van der Waals surface area contributed by atoms with Gasteiger partial charge in [0.05, 0.1) is 64.7 Å². The van der Waals surface area contributed by atoms with E-state index in [1.807, 2.05) is 69.4 Å². The zero-order valence-electron chi connectivity index (χ0n) is 38.2. The van der Waals surface area contributed by atoms with Crippen molar-refractivity contribution in [3.05, 3.63) is 49.6 Å². The molecule has 23 heteroatoms. The fourth-order valence-corrected chi connectivity index (χ4v) is 8.24. The molecular weight excluding hydrogens is 889 g/mol. The van der Waals surface area contributed by atoms with Gasteiger partial charge in [0.15, 0.2) is 14.9 Å². The molecule has 4 atom stereocenters. The normalized spacial score (nSPS) is 17.7. The molecule has 8 heterocycles.